The monoisotopic (exact) mass is 199 g/mol. The molecule has 0 aliphatic rings. The summed E-state index contributed by atoms with van der Waals surface area (Å²) in [7, 11) is 0. The van der Waals surface area contributed by atoms with Gasteiger partial charge in [0, 0.05) is 19.2 Å². The molecule has 1 aromatic heterocycles. The molecule has 0 unspecified atom stereocenters. The van der Waals surface area contributed by atoms with Gasteiger partial charge < -0.3 is 10.3 Å². The Hall–Kier alpha value is -0.480. The van der Waals surface area contributed by atoms with Crippen LogP contribution in [0.4, 0.5) is 0 Å². The van der Waals surface area contributed by atoms with E-state index >= 15 is 0 Å². The lowest BCUT2D eigenvalue weighted by Crippen LogP contribution is -2.02. The van der Waals surface area contributed by atoms with Crippen LogP contribution in [0.3, 0.4) is 0 Å². The van der Waals surface area contributed by atoms with Crippen LogP contribution < -0.4 is 5.73 Å². The molecular formula is C9H17N3S. The number of nitrogens with zero attached hydrogens (tertiary/aromatic N) is 2. The van der Waals surface area contributed by atoms with Gasteiger partial charge in [0.05, 0.1) is 12.0 Å². The van der Waals surface area contributed by atoms with Gasteiger partial charge in [0.2, 0.25) is 0 Å². The molecule has 1 aromatic rings. The summed E-state index contributed by atoms with van der Waals surface area (Å²) in [5.41, 5.74) is 6.54. The van der Waals surface area contributed by atoms with Crippen molar-refractivity contribution in [2.45, 2.75) is 19.4 Å². The fraction of sp³-hybridized carbons (Fsp3) is 0.667. The third-order valence-electron chi connectivity index (χ3n) is 1.85. The Morgan fingerprint density at radius 1 is 1.62 bits per heavy atom. The van der Waals surface area contributed by atoms with E-state index in [0.29, 0.717) is 6.54 Å². The molecule has 74 valence electrons. The fourth-order valence-corrected chi connectivity index (χ4v) is 1.61. The molecule has 0 saturated heterocycles. The molecule has 0 spiro atoms. The highest BCUT2D eigenvalue weighted by Gasteiger charge is 1.96. The Morgan fingerprint density at radius 2 is 2.46 bits per heavy atom. The van der Waals surface area contributed by atoms with Gasteiger partial charge in [-0.3, -0.25) is 0 Å². The summed E-state index contributed by atoms with van der Waals surface area (Å²) < 4.78 is 2.14. The van der Waals surface area contributed by atoms with E-state index in [2.05, 4.69) is 22.0 Å². The van der Waals surface area contributed by atoms with E-state index < -0.39 is 0 Å². The van der Waals surface area contributed by atoms with Gasteiger partial charge in [0.1, 0.15) is 0 Å². The SMILES string of the molecule is CSCCCn1cnc(CCN)c1. The second kappa shape index (κ2) is 6.05. The molecule has 4 heteroatoms. The van der Waals surface area contributed by atoms with Crippen LogP contribution in [0.5, 0.6) is 0 Å². The minimum Gasteiger partial charge on any atom is -0.337 e. The maximum absolute atomic E-state index is 5.44. The van der Waals surface area contributed by atoms with Crippen LogP contribution >= 0.6 is 11.8 Å². The Kier molecular flexibility index (Phi) is 4.93. The van der Waals surface area contributed by atoms with Gasteiger partial charge in [-0.2, -0.15) is 11.8 Å². The van der Waals surface area contributed by atoms with Crippen LogP contribution in [-0.2, 0) is 13.0 Å². The van der Waals surface area contributed by atoms with Crippen LogP contribution in [-0.4, -0.2) is 28.1 Å². The standard InChI is InChI=1S/C9H17N3S/c1-13-6-2-5-12-7-9(3-4-10)11-8-12/h7-8H,2-6,10H2,1H3. The maximum atomic E-state index is 5.44. The third-order valence-corrected chi connectivity index (χ3v) is 2.55. The minimum absolute atomic E-state index is 0.682. The van der Waals surface area contributed by atoms with Crippen molar-refractivity contribution < 1.29 is 0 Å². The summed E-state index contributed by atoms with van der Waals surface area (Å²) in [6.07, 6.45) is 8.21. The maximum Gasteiger partial charge on any atom is 0.0949 e. The molecule has 0 atom stereocenters. The van der Waals surface area contributed by atoms with Gasteiger partial charge in [0.15, 0.2) is 0 Å². The molecule has 0 aliphatic carbocycles. The van der Waals surface area contributed by atoms with Crippen LogP contribution in [0.25, 0.3) is 0 Å². The Bertz CT molecular complexity index is 235. The minimum atomic E-state index is 0.682. The Balaban J connectivity index is 2.31. The highest BCUT2D eigenvalue weighted by atomic mass is 32.2. The summed E-state index contributed by atoms with van der Waals surface area (Å²) in [6, 6.07) is 0. The average Bonchev–Trinajstić information content (AvgIpc) is 2.54. The number of aromatic nitrogens is 2. The normalized spacial score (nSPS) is 10.6. The molecule has 3 nitrogen and oxygen atoms in total. The predicted molar refractivity (Wildman–Crippen MR) is 58.0 cm³/mol. The first-order valence-electron chi connectivity index (χ1n) is 4.56. The lowest BCUT2D eigenvalue weighted by atomic mass is 10.3. The molecule has 0 amide bonds. The molecule has 13 heavy (non-hydrogen) atoms. The summed E-state index contributed by atoms with van der Waals surface area (Å²) in [5.74, 6) is 1.21. The van der Waals surface area contributed by atoms with Gasteiger partial charge in [-0.05, 0) is 25.0 Å². The second-order valence-electron chi connectivity index (χ2n) is 2.99. The number of rotatable bonds is 6. The van der Waals surface area contributed by atoms with E-state index in [0.717, 1.165) is 18.7 Å². The lowest BCUT2D eigenvalue weighted by Gasteiger charge is -1.99. The van der Waals surface area contributed by atoms with Crippen LogP contribution in [0.1, 0.15) is 12.1 Å². The van der Waals surface area contributed by atoms with Gasteiger partial charge in [-0.25, -0.2) is 4.98 Å². The first-order valence-corrected chi connectivity index (χ1v) is 5.96. The zero-order chi connectivity index (χ0) is 9.52. The number of hydrogen-bond acceptors (Lipinski definition) is 3. The highest BCUT2D eigenvalue weighted by Crippen LogP contribution is 2.01. The van der Waals surface area contributed by atoms with Crippen molar-refractivity contribution in [3.8, 4) is 0 Å². The number of aryl methyl sites for hydroxylation is 1. The first-order chi connectivity index (χ1) is 6.36. The second-order valence-corrected chi connectivity index (χ2v) is 3.97. The molecule has 1 rings (SSSR count). The third kappa shape index (κ3) is 3.83. The first kappa shape index (κ1) is 10.6. The van der Waals surface area contributed by atoms with E-state index in [1.165, 1.54) is 12.2 Å². The van der Waals surface area contributed by atoms with Gasteiger partial charge in [-0.1, -0.05) is 0 Å². The summed E-state index contributed by atoms with van der Waals surface area (Å²) in [5, 5.41) is 0. The van der Waals surface area contributed by atoms with Crippen molar-refractivity contribution in [2.75, 3.05) is 18.6 Å². The molecule has 0 bridgehead atoms. The smallest absolute Gasteiger partial charge is 0.0949 e. The Morgan fingerprint density at radius 3 is 3.15 bits per heavy atom. The number of thioether (sulfide) groups is 1. The van der Waals surface area contributed by atoms with Gasteiger partial charge in [0.25, 0.3) is 0 Å². The van der Waals surface area contributed by atoms with E-state index in [-0.39, 0.29) is 0 Å². The van der Waals surface area contributed by atoms with Crippen molar-refractivity contribution in [1.29, 1.82) is 0 Å². The quantitative estimate of drug-likeness (QED) is 0.699. The summed E-state index contributed by atoms with van der Waals surface area (Å²) >= 11 is 1.88. The lowest BCUT2D eigenvalue weighted by molar-refractivity contribution is 0.683. The predicted octanol–water partition coefficient (Wildman–Crippen LogP) is 1.14. The molecule has 1 heterocycles. The van der Waals surface area contributed by atoms with E-state index in [9.17, 15) is 0 Å². The average molecular weight is 199 g/mol. The van der Waals surface area contributed by atoms with E-state index in [4.69, 9.17) is 5.73 Å². The van der Waals surface area contributed by atoms with Crippen molar-refractivity contribution in [2.24, 2.45) is 5.73 Å². The van der Waals surface area contributed by atoms with E-state index in [1.54, 1.807) is 0 Å². The molecule has 2 N–H and O–H groups in total. The highest BCUT2D eigenvalue weighted by molar-refractivity contribution is 7.98. The summed E-state index contributed by atoms with van der Waals surface area (Å²) in [4.78, 5) is 4.26. The van der Waals surface area contributed by atoms with E-state index in [1.807, 2.05) is 18.1 Å². The van der Waals surface area contributed by atoms with Gasteiger partial charge in [-0.15, -0.1) is 0 Å². The van der Waals surface area contributed by atoms with Crippen molar-refractivity contribution in [3.05, 3.63) is 18.2 Å². The van der Waals surface area contributed by atoms with Crippen molar-refractivity contribution in [3.63, 3.8) is 0 Å². The molecule has 0 fully saturated rings. The van der Waals surface area contributed by atoms with Crippen LogP contribution in [0, 0.1) is 0 Å². The van der Waals surface area contributed by atoms with Crippen LogP contribution in [0.2, 0.25) is 0 Å². The molecular weight excluding hydrogens is 182 g/mol. The topological polar surface area (TPSA) is 43.8 Å². The molecule has 0 aromatic carbocycles. The fourth-order valence-electron chi connectivity index (χ4n) is 1.20. The Labute approximate surface area is 83.7 Å². The number of hydrogen-bond donors (Lipinski definition) is 1. The molecule has 0 saturated carbocycles. The zero-order valence-corrected chi connectivity index (χ0v) is 8.89. The molecule has 0 radical (unpaired) electrons. The number of nitrogens with two attached hydrogens (primary N) is 1. The van der Waals surface area contributed by atoms with Crippen molar-refractivity contribution >= 4 is 11.8 Å². The summed E-state index contributed by atoms with van der Waals surface area (Å²) in [6.45, 7) is 1.75. The molecule has 0 aliphatic heterocycles. The largest absolute Gasteiger partial charge is 0.337 e. The number of imidazole rings is 1. The van der Waals surface area contributed by atoms with Crippen molar-refractivity contribution in [1.82, 2.24) is 9.55 Å². The van der Waals surface area contributed by atoms with Gasteiger partial charge >= 0.3 is 0 Å². The van der Waals surface area contributed by atoms with Crippen LogP contribution in [0.15, 0.2) is 12.5 Å². The zero-order valence-electron chi connectivity index (χ0n) is 8.07.